The molecule has 2 N–H and O–H groups in total. The first kappa shape index (κ1) is 43.0. The van der Waals surface area contributed by atoms with Crippen molar-refractivity contribution in [2.75, 3.05) is 20.8 Å². The number of carbonyl (C=O) groups is 2. The van der Waals surface area contributed by atoms with Crippen molar-refractivity contribution in [2.24, 2.45) is 35.5 Å². The molecule has 0 aliphatic carbocycles. The Kier molecular flexibility index (Phi) is 14.1. The molecule has 0 amide bonds. The molecule has 3 heterocycles. The molecule has 53 heavy (non-hydrogen) atoms. The van der Waals surface area contributed by atoms with Crippen molar-refractivity contribution in [2.45, 2.75) is 136 Å². The van der Waals surface area contributed by atoms with Gasteiger partial charge < -0.3 is 33.9 Å². The second-order valence-corrected chi connectivity index (χ2v) is 16.5. The number of hydrogen-bond acceptors (Lipinski definition) is 10. The molecular weight excluding hydrogens is 674 g/mol. The summed E-state index contributed by atoms with van der Waals surface area (Å²) in [5.41, 5.74) is -1.58. The smallest absolute Gasteiger partial charge is 0.309 e. The SMILES string of the molecule is CC[C@H]1OC(=O)[C@H](C)C([C@H]2C[C@@](C)(OC)[C@@H](O)[C@H](C)O2)[C@H](C)[C@@H](C)[C@](C)(OC)C[C@@H](C)C(=O)[C@H](C)[C@@H](OC/C=C/c2cnc3ccccc3c2)[C@]1(C)O. The van der Waals surface area contributed by atoms with Crippen molar-refractivity contribution in [1.29, 1.82) is 0 Å². The minimum absolute atomic E-state index is 0.0708. The van der Waals surface area contributed by atoms with Crippen LogP contribution in [0.4, 0.5) is 0 Å². The van der Waals surface area contributed by atoms with Crippen molar-refractivity contribution in [3.05, 3.63) is 48.2 Å². The lowest BCUT2D eigenvalue weighted by atomic mass is 9.65. The van der Waals surface area contributed by atoms with E-state index in [0.29, 0.717) is 19.3 Å². The molecule has 1 aromatic heterocycles. The second kappa shape index (κ2) is 17.4. The van der Waals surface area contributed by atoms with Gasteiger partial charge in [0.25, 0.3) is 0 Å². The molecule has 14 atom stereocenters. The number of methoxy groups -OCH3 is 2. The summed E-state index contributed by atoms with van der Waals surface area (Å²) in [6.45, 7) is 19.0. The molecule has 2 fully saturated rings. The highest BCUT2D eigenvalue weighted by Crippen LogP contribution is 2.46. The van der Waals surface area contributed by atoms with E-state index >= 15 is 0 Å². The van der Waals surface area contributed by atoms with Crippen LogP contribution in [0.2, 0.25) is 0 Å². The normalized spacial score (nSPS) is 41.0. The fraction of sp³-hybridized carbons (Fsp3) is 0.698. The lowest BCUT2D eigenvalue weighted by Crippen LogP contribution is -2.60. The Morgan fingerprint density at radius 2 is 1.62 bits per heavy atom. The quantitative estimate of drug-likeness (QED) is 0.278. The highest BCUT2D eigenvalue weighted by molar-refractivity contribution is 5.84. The third-order valence-corrected chi connectivity index (χ3v) is 13.0. The standard InChI is InChI=1S/C43H65NO9/c1-13-35-43(10,48)39(51-20-16-17-31-21-32-18-14-15-19-33(32)44-24-31)28(5)37(45)25(2)22-41(8,49-11)29(6)26(3)36(27(4)40(47)53-35)34-23-42(9,50-12)38(46)30(7)52-34/h14-19,21,24-30,34-36,38-39,46,48H,13,20,22-23H2,1-12H3/b17-16+/t25-,26-,27-,28+,29-,30+,34-,35-,36?,38+,39-,41-,42-,43-/m1/s1. The van der Waals surface area contributed by atoms with E-state index < -0.39 is 71.0 Å². The summed E-state index contributed by atoms with van der Waals surface area (Å²) in [4.78, 5) is 33.2. The summed E-state index contributed by atoms with van der Waals surface area (Å²) in [6, 6.07) is 9.92. The number of nitrogens with zero attached hydrogens (tertiary/aromatic N) is 1. The number of pyridine rings is 1. The van der Waals surface area contributed by atoms with Gasteiger partial charge in [-0.05, 0) is 70.1 Å². The Morgan fingerprint density at radius 1 is 0.962 bits per heavy atom. The summed E-state index contributed by atoms with van der Waals surface area (Å²) in [5, 5.41) is 24.4. The van der Waals surface area contributed by atoms with Crippen molar-refractivity contribution >= 4 is 28.7 Å². The molecule has 1 aromatic carbocycles. The zero-order chi connectivity index (χ0) is 39.5. The average Bonchev–Trinajstić information content (AvgIpc) is 3.14. The summed E-state index contributed by atoms with van der Waals surface area (Å²) >= 11 is 0. The molecule has 10 heteroatoms. The molecule has 10 nitrogen and oxygen atoms in total. The number of ketones is 1. The monoisotopic (exact) mass is 739 g/mol. The van der Waals surface area contributed by atoms with Gasteiger partial charge in [-0.15, -0.1) is 0 Å². The average molecular weight is 740 g/mol. The van der Waals surface area contributed by atoms with Gasteiger partial charge in [0.15, 0.2) is 0 Å². The number of aromatic nitrogens is 1. The van der Waals surface area contributed by atoms with Gasteiger partial charge in [-0.2, -0.15) is 0 Å². The van der Waals surface area contributed by atoms with Crippen LogP contribution in [0.25, 0.3) is 17.0 Å². The van der Waals surface area contributed by atoms with E-state index in [2.05, 4.69) is 18.8 Å². The Hall–Kier alpha value is -2.73. The van der Waals surface area contributed by atoms with Crippen LogP contribution in [-0.2, 0) is 33.3 Å². The largest absolute Gasteiger partial charge is 0.459 e. The van der Waals surface area contributed by atoms with Gasteiger partial charge in [-0.1, -0.05) is 71.9 Å². The lowest BCUT2D eigenvalue weighted by molar-refractivity contribution is -0.237. The molecule has 0 spiro atoms. The Labute approximate surface area is 317 Å². The summed E-state index contributed by atoms with van der Waals surface area (Å²) in [6.07, 6.45) is 2.77. The van der Waals surface area contributed by atoms with Crippen molar-refractivity contribution in [3.63, 3.8) is 0 Å². The van der Waals surface area contributed by atoms with Crippen molar-refractivity contribution in [1.82, 2.24) is 4.98 Å². The molecule has 0 radical (unpaired) electrons. The van der Waals surface area contributed by atoms with Crippen molar-refractivity contribution < 1.29 is 43.5 Å². The van der Waals surface area contributed by atoms with E-state index in [1.54, 1.807) is 34.3 Å². The number of rotatable bonds is 8. The van der Waals surface area contributed by atoms with Crippen LogP contribution >= 0.6 is 0 Å². The number of benzene rings is 1. The van der Waals surface area contributed by atoms with Crippen LogP contribution in [0.1, 0.15) is 94.1 Å². The van der Waals surface area contributed by atoms with Crippen LogP contribution in [0.5, 0.6) is 0 Å². The molecule has 2 aliphatic heterocycles. The molecule has 1 unspecified atom stereocenters. The van der Waals surface area contributed by atoms with Gasteiger partial charge in [0.1, 0.15) is 23.6 Å². The molecule has 2 aromatic rings. The first-order chi connectivity index (χ1) is 24.8. The topological polar surface area (TPSA) is 134 Å². The third-order valence-electron chi connectivity index (χ3n) is 13.0. The summed E-state index contributed by atoms with van der Waals surface area (Å²) < 4.78 is 31.3. The first-order valence-corrected chi connectivity index (χ1v) is 19.4. The van der Waals surface area contributed by atoms with Gasteiger partial charge in [-0.3, -0.25) is 14.6 Å². The number of cyclic esters (lactones) is 1. The Bertz CT molecular complexity index is 1580. The number of aliphatic hydroxyl groups excluding tert-OH is 1. The molecule has 2 aliphatic rings. The van der Waals surface area contributed by atoms with Gasteiger partial charge in [0.05, 0.1) is 47.6 Å². The Morgan fingerprint density at radius 3 is 2.26 bits per heavy atom. The van der Waals surface area contributed by atoms with Crippen molar-refractivity contribution in [3.8, 4) is 0 Å². The van der Waals surface area contributed by atoms with Crippen LogP contribution in [0, 0.1) is 35.5 Å². The minimum atomic E-state index is -1.73. The zero-order valence-electron chi connectivity index (χ0n) is 34.0. The molecule has 2 saturated heterocycles. The lowest BCUT2D eigenvalue weighted by Gasteiger charge is -2.51. The number of Topliss-reactive ketones (excluding diaryl/α,β-unsaturated/α-hetero) is 1. The maximum absolute atomic E-state index is 14.3. The fourth-order valence-electron chi connectivity index (χ4n) is 9.16. The van der Waals surface area contributed by atoms with Crippen LogP contribution in [0.15, 0.2) is 42.6 Å². The van der Waals surface area contributed by atoms with E-state index in [-0.39, 0.29) is 30.1 Å². The number of ether oxygens (including phenoxy) is 5. The molecule has 296 valence electrons. The van der Waals surface area contributed by atoms with E-state index in [1.165, 1.54) is 0 Å². The molecule has 0 saturated carbocycles. The van der Waals surface area contributed by atoms with Crippen LogP contribution < -0.4 is 0 Å². The predicted molar refractivity (Wildman–Crippen MR) is 206 cm³/mol. The van der Waals surface area contributed by atoms with Crippen LogP contribution in [0.3, 0.4) is 0 Å². The summed E-state index contributed by atoms with van der Waals surface area (Å²) in [5.74, 6) is -3.05. The molecule has 0 bridgehead atoms. The van der Waals surface area contributed by atoms with E-state index in [4.69, 9.17) is 23.7 Å². The van der Waals surface area contributed by atoms with Gasteiger partial charge in [0, 0.05) is 50.0 Å². The Balaban J connectivity index is 1.72. The number of esters is 1. The summed E-state index contributed by atoms with van der Waals surface area (Å²) in [7, 11) is 3.25. The number of hydrogen-bond donors (Lipinski definition) is 2. The highest BCUT2D eigenvalue weighted by atomic mass is 16.6. The maximum atomic E-state index is 14.3. The van der Waals surface area contributed by atoms with Gasteiger partial charge in [0.2, 0.25) is 0 Å². The maximum Gasteiger partial charge on any atom is 0.309 e. The van der Waals surface area contributed by atoms with E-state index in [9.17, 15) is 19.8 Å². The highest BCUT2D eigenvalue weighted by Gasteiger charge is 2.54. The number of fused-ring (bicyclic) bond motifs is 1. The third kappa shape index (κ3) is 9.05. The minimum Gasteiger partial charge on any atom is -0.459 e. The van der Waals surface area contributed by atoms with Crippen LogP contribution in [-0.4, -0.2) is 95.1 Å². The predicted octanol–water partition coefficient (Wildman–Crippen LogP) is 6.82. The second-order valence-electron chi connectivity index (χ2n) is 16.5. The van der Waals surface area contributed by atoms with Gasteiger partial charge in [-0.25, -0.2) is 0 Å². The number of carbonyl (C=O) groups excluding carboxylic acids is 2. The first-order valence-electron chi connectivity index (χ1n) is 19.4. The zero-order valence-corrected chi connectivity index (χ0v) is 34.0. The molecular formula is C43H65NO9. The van der Waals surface area contributed by atoms with E-state index in [1.807, 2.05) is 84.0 Å². The van der Waals surface area contributed by atoms with Gasteiger partial charge >= 0.3 is 5.97 Å². The number of para-hydroxylation sites is 1. The van der Waals surface area contributed by atoms with E-state index in [0.717, 1.165) is 16.5 Å². The fourth-order valence-corrected chi connectivity index (χ4v) is 9.16. The molecule has 4 rings (SSSR count). The number of aliphatic hydroxyl groups is 2.